The van der Waals surface area contributed by atoms with Gasteiger partial charge in [0.2, 0.25) is 5.91 Å². The highest BCUT2D eigenvalue weighted by Gasteiger charge is 2.25. The predicted molar refractivity (Wildman–Crippen MR) is 129 cm³/mol. The summed E-state index contributed by atoms with van der Waals surface area (Å²) in [6, 6.07) is 10.8. The van der Waals surface area contributed by atoms with E-state index in [2.05, 4.69) is 63.8 Å². The Bertz CT molecular complexity index is 846. The number of nitrogens with zero attached hydrogens (tertiary/aromatic N) is 4. The van der Waals surface area contributed by atoms with Gasteiger partial charge < -0.3 is 4.90 Å². The van der Waals surface area contributed by atoms with Crippen LogP contribution in [0.2, 0.25) is 0 Å². The van der Waals surface area contributed by atoms with Gasteiger partial charge in [0, 0.05) is 43.9 Å². The number of hydrogen-bond donors (Lipinski definition) is 0. The minimum atomic E-state index is 0.383. The van der Waals surface area contributed by atoms with Crippen molar-refractivity contribution in [2.45, 2.75) is 71.9 Å². The second-order valence-corrected chi connectivity index (χ2v) is 9.84. The molecule has 5 nitrogen and oxygen atoms in total. The molecule has 2 aromatic rings. The van der Waals surface area contributed by atoms with Crippen LogP contribution in [0.25, 0.3) is 0 Å². The van der Waals surface area contributed by atoms with Crippen molar-refractivity contribution in [2.75, 3.05) is 26.2 Å². The topological polar surface area (TPSA) is 41.4 Å². The normalized spacial score (nSPS) is 18.9. The van der Waals surface area contributed by atoms with Gasteiger partial charge in [0.25, 0.3) is 0 Å². The van der Waals surface area contributed by atoms with Gasteiger partial charge >= 0.3 is 0 Å². The van der Waals surface area contributed by atoms with Crippen LogP contribution in [0.3, 0.4) is 0 Å². The van der Waals surface area contributed by atoms with Crippen molar-refractivity contribution >= 4 is 5.91 Å². The summed E-state index contributed by atoms with van der Waals surface area (Å²) in [4.78, 5) is 17.5. The second kappa shape index (κ2) is 11.1. The van der Waals surface area contributed by atoms with E-state index >= 15 is 0 Å². The standard InChI is InChI=1S/C27H40N4O/c1-3-31-22(2)26(20-28-31)21-29-15-11-23(12-16-29)9-10-27(32)30-17-13-25(14-18-30)19-24-7-5-4-6-8-24/h4-8,20,23,25H,3,9-19,21H2,1-2H3. The van der Waals surface area contributed by atoms with Crippen LogP contribution in [0.4, 0.5) is 0 Å². The number of aryl methyl sites for hydroxylation is 1. The van der Waals surface area contributed by atoms with Crippen molar-refractivity contribution in [3.63, 3.8) is 0 Å². The molecule has 2 saturated heterocycles. The van der Waals surface area contributed by atoms with Gasteiger partial charge in [-0.1, -0.05) is 30.3 Å². The number of rotatable bonds is 8. The molecule has 0 atom stereocenters. The number of carbonyl (C=O) groups excluding carboxylic acids is 1. The van der Waals surface area contributed by atoms with Gasteiger partial charge in [-0.3, -0.25) is 14.4 Å². The predicted octanol–water partition coefficient (Wildman–Crippen LogP) is 4.68. The average Bonchev–Trinajstić information content (AvgIpc) is 3.18. The van der Waals surface area contributed by atoms with Gasteiger partial charge in [-0.15, -0.1) is 0 Å². The summed E-state index contributed by atoms with van der Waals surface area (Å²) in [5, 5.41) is 4.48. The van der Waals surface area contributed by atoms with Gasteiger partial charge in [0.1, 0.15) is 0 Å². The quantitative estimate of drug-likeness (QED) is 0.603. The number of aromatic nitrogens is 2. The molecule has 0 radical (unpaired) electrons. The SMILES string of the molecule is CCn1ncc(CN2CCC(CCC(=O)N3CCC(Cc4ccccc4)CC3)CC2)c1C. The molecule has 4 rings (SSSR count). The van der Waals surface area contributed by atoms with E-state index in [1.165, 1.54) is 29.7 Å². The molecule has 0 aliphatic carbocycles. The zero-order valence-corrected chi connectivity index (χ0v) is 20.0. The monoisotopic (exact) mass is 436 g/mol. The minimum absolute atomic E-state index is 0.383. The first-order valence-corrected chi connectivity index (χ1v) is 12.7. The van der Waals surface area contributed by atoms with Gasteiger partial charge in [-0.05, 0) is 82.9 Å². The van der Waals surface area contributed by atoms with E-state index in [9.17, 15) is 4.79 Å². The maximum atomic E-state index is 12.8. The number of carbonyl (C=O) groups is 1. The van der Waals surface area contributed by atoms with Crippen molar-refractivity contribution in [2.24, 2.45) is 11.8 Å². The van der Waals surface area contributed by atoms with Crippen LogP contribution in [0.5, 0.6) is 0 Å². The Kier molecular flexibility index (Phi) is 8.01. The molecule has 0 bridgehead atoms. The molecule has 0 N–H and O–H groups in total. The molecule has 5 heteroatoms. The Morgan fingerprint density at radius 2 is 1.69 bits per heavy atom. The molecule has 0 unspecified atom stereocenters. The molecule has 2 fully saturated rings. The Hall–Kier alpha value is -2.14. The molecule has 0 saturated carbocycles. The van der Waals surface area contributed by atoms with Crippen molar-refractivity contribution < 1.29 is 4.79 Å². The van der Waals surface area contributed by atoms with E-state index < -0.39 is 0 Å². The van der Waals surface area contributed by atoms with Crippen molar-refractivity contribution in [1.82, 2.24) is 19.6 Å². The fourth-order valence-corrected chi connectivity index (χ4v) is 5.45. The molecule has 32 heavy (non-hydrogen) atoms. The summed E-state index contributed by atoms with van der Waals surface area (Å²) >= 11 is 0. The van der Waals surface area contributed by atoms with Crippen molar-refractivity contribution in [3.05, 3.63) is 53.3 Å². The van der Waals surface area contributed by atoms with Crippen LogP contribution >= 0.6 is 0 Å². The minimum Gasteiger partial charge on any atom is -0.343 e. The van der Waals surface area contributed by atoms with Crippen LogP contribution in [-0.4, -0.2) is 51.7 Å². The third-order valence-corrected chi connectivity index (χ3v) is 7.71. The van der Waals surface area contributed by atoms with E-state index in [1.54, 1.807) is 0 Å². The highest BCUT2D eigenvalue weighted by atomic mass is 16.2. The smallest absolute Gasteiger partial charge is 0.222 e. The van der Waals surface area contributed by atoms with Crippen molar-refractivity contribution in [3.8, 4) is 0 Å². The summed E-state index contributed by atoms with van der Waals surface area (Å²) < 4.78 is 2.08. The molecule has 0 spiro atoms. The highest BCUT2D eigenvalue weighted by molar-refractivity contribution is 5.76. The summed E-state index contributed by atoms with van der Waals surface area (Å²) in [5.41, 5.74) is 4.09. The summed E-state index contributed by atoms with van der Waals surface area (Å²) in [6.07, 6.45) is 9.70. The van der Waals surface area contributed by atoms with Gasteiger partial charge in [0.05, 0.1) is 6.20 Å². The van der Waals surface area contributed by atoms with Gasteiger partial charge in [0.15, 0.2) is 0 Å². The largest absolute Gasteiger partial charge is 0.343 e. The Morgan fingerprint density at radius 1 is 1.00 bits per heavy atom. The lowest BCUT2D eigenvalue weighted by Gasteiger charge is -2.34. The number of hydrogen-bond acceptors (Lipinski definition) is 3. The lowest BCUT2D eigenvalue weighted by Crippen LogP contribution is -2.39. The third kappa shape index (κ3) is 6.00. The summed E-state index contributed by atoms with van der Waals surface area (Å²) in [7, 11) is 0. The van der Waals surface area contributed by atoms with Crippen LogP contribution in [0, 0.1) is 18.8 Å². The van der Waals surface area contributed by atoms with Crippen molar-refractivity contribution in [1.29, 1.82) is 0 Å². The molecule has 2 aliphatic rings. The maximum Gasteiger partial charge on any atom is 0.222 e. The second-order valence-electron chi connectivity index (χ2n) is 9.84. The van der Waals surface area contributed by atoms with E-state index in [4.69, 9.17) is 0 Å². The lowest BCUT2D eigenvalue weighted by molar-refractivity contribution is -0.133. The number of amides is 1. The van der Waals surface area contributed by atoms with Gasteiger partial charge in [-0.2, -0.15) is 5.10 Å². The first-order valence-electron chi connectivity index (χ1n) is 12.7. The van der Waals surface area contributed by atoms with Crippen LogP contribution in [0.15, 0.2) is 36.5 Å². The Morgan fingerprint density at radius 3 is 2.34 bits per heavy atom. The Balaban J connectivity index is 1.13. The highest BCUT2D eigenvalue weighted by Crippen LogP contribution is 2.26. The van der Waals surface area contributed by atoms with Crippen LogP contribution in [0.1, 0.15) is 62.3 Å². The fraction of sp³-hybridized carbons (Fsp3) is 0.630. The van der Waals surface area contributed by atoms with Crippen LogP contribution in [-0.2, 0) is 24.3 Å². The molecular weight excluding hydrogens is 396 g/mol. The number of piperidine rings is 2. The first-order chi connectivity index (χ1) is 15.6. The Labute approximate surface area is 193 Å². The summed E-state index contributed by atoms with van der Waals surface area (Å²) in [6.45, 7) is 10.4. The lowest BCUT2D eigenvalue weighted by atomic mass is 9.89. The number of benzene rings is 1. The zero-order valence-electron chi connectivity index (χ0n) is 20.0. The van der Waals surface area contributed by atoms with E-state index in [0.29, 0.717) is 11.8 Å². The molecule has 174 valence electrons. The molecule has 2 aliphatic heterocycles. The van der Waals surface area contributed by atoms with Gasteiger partial charge in [-0.25, -0.2) is 0 Å². The van der Waals surface area contributed by atoms with E-state index in [1.807, 2.05) is 6.20 Å². The third-order valence-electron chi connectivity index (χ3n) is 7.71. The molecular formula is C27H40N4O. The fourth-order valence-electron chi connectivity index (χ4n) is 5.45. The summed E-state index contributed by atoms with van der Waals surface area (Å²) in [5.74, 6) is 1.80. The van der Waals surface area contributed by atoms with E-state index in [0.717, 1.165) is 77.3 Å². The first kappa shape index (κ1) is 23.0. The van der Waals surface area contributed by atoms with E-state index in [-0.39, 0.29) is 0 Å². The molecule has 1 aromatic carbocycles. The van der Waals surface area contributed by atoms with Crippen LogP contribution < -0.4 is 0 Å². The molecule has 1 aromatic heterocycles. The zero-order chi connectivity index (χ0) is 22.3. The molecule has 1 amide bonds. The average molecular weight is 437 g/mol. The number of likely N-dealkylation sites (tertiary alicyclic amines) is 2. The maximum absolute atomic E-state index is 12.8. The molecule has 3 heterocycles.